The van der Waals surface area contributed by atoms with E-state index in [1.807, 2.05) is 0 Å². The molecule has 1 heterocycles. The van der Waals surface area contributed by atoms with Gasteiger partial charge in [0.2, 0.25) is 5.88 Å². The van der Waals surface area contributed by atoms with Gasteiger partial charge in [0.05, 0.1) is 6.20 Å². The number of carboxylic acids is 1. The predicted molar refractivity (Wildman–Crippen MR) is 40.4 cm³/mol. The first-order valence-corrected chi connectivity index (χ1v) is 3.52. The Hall–Kier alpha value is -1.79. The quantitative estimate of drug-likeness (QED) is 0.797. The summed E-state index contributed by atoms with van der Waals surface area (Å²) >= 11 is 0. The molecule has 5 nitrogen and oxygen atoms in total. The van der Waals surface area contributed by atoms with Crippen LogP contribution in [0.5, 0.6) is 5.88 Å². The summed E-state index contributed by atoms with van der Waals surface area (Å²) in [4.78, 5) is 17.3. The van der Waals surface area contributed by atoms with Gasteiger partial charge in [-0.05, 0) is 6.92 Å². The van der Waals surface area contributed by atoms with E-state index in [1.165, 1.54) is 6.92 Å². The largest absolute Gasteiger partial charge is 0.476 e. The monoisotopic (exact) mass is 204 g/mol. The molecular weight excluding hydrogens is 198 g/mol. The molecule has 76 valence electrons. The first kappa shape index (κ1) is 10.3. The summed E-state index contributed by atoms with van der Waals surface area (Å²) in [5.74, 6) is -1.64. The number of aromatic nitrogens is 2. The standard InChI is InChI=1S/C7H6F2N2O3/c1-3-5(14-7(8)9)10-2-4(11-3)6(12)13/h2,7H,1H3,(H,12,13). The van der Waals surface area contributed by atoms with Crippen molar-refractivity contribution in [2.24, 2.45) is 0 Å². The summed E-state index contributed by atoms with van der Waals surface area (Å²) in [5, 5.41) is 8.49. The smallest absolute Gasteiger partial charge is 0.388 e. The van der Waals surface area contributed by atoms with Gasteiger partial charge in [-0.2, -0.15) is 8.78 Å². The van der Waals surface area contributed by atoms with E-state index in [9.17, 15) is 13.6 Å². The lowest BCUT2D eigenvalue weighted by Gasteiger charge is -2.05. The van der Waals surface area contributed by atoms with E-state index >= 15 is 0 Å². The number of hydrogen-bond acceptors (Lipinski definition) is 4. The van der Waals surface area contributed by atoms with Crippen LogP contribution in [0.3, 0.4) is 0 Å². The van der Waals surface area contributed by atoms with Gasteiger partial charge in [0.15, 0.2) is 5.69 Å². The Labute approximate surface area is 77.4 Å². The lowest BCUT2D eigenvalue weighted by Crippen LogP contribution is -2.09. The van der Waals surface area contributed by atoms with E-state index in [0.29, 0.717) is 0 Å². The number of hydrogen-bond donors (Lipinski definition) is 1. The van der Waals surface area contributed by atoms with E-state index in [-0.39, 0.29) is 17.3 Å². The molecule has 0 unspecified atom stereocenters. The number of nitrogens with zero attached hydrogens (tertiary/aromatic N) is 2. The molecule has 0 aliphatic heterocycles. The average molecular weight is 204 g/mol. The fourth-order valence-electron chi connectivity index (χ4n) is 0.774. The van der Waals surface area contributed by atoms with Crippen LogP contribution in [0.1, 0.15) is 16.2 Å². The zero-order valence-corrected chi connectivity index (χ0v) is 7.07. The summed E-state index contributed by atoms with van der Waals surface area (Å²) < 4.78 is 27.5. The Morgan fingerprint density at radius 2 is 2.29 bits per heavy atom. The maximum atomic E-state index is 11.8. The molecule has 0 saturated carbocycles. The highest BCUT2D eigenvalue weighted by atomic mass is 19.3. The maximum Gasteiger partial charge on any atom is 0.388 e. The van der Waals surface area contributed by atoms with E-state index in [0.717, 1.165) is 6.20 Å². The molecule has 0 aromatic carbocycles. The van der Waals surface area contributed by atoms with Crippen LogP contribution in [0.2, 0.25) is 0 Å². The van der Waals surface area contributed by atoms with Gasteiger partial charge in [-0.3, -0.25) is 0 Å². The Bertz CT molecular complexity index is 357. The molecule has 1 aromatic rings. The van der Waals surface area contributed by atoms with Crippen molar-refractivity contribution in [2.45, 2.75) is 13.5 Å². The summed E-state index contributed by atoms with van der Waals surface area (Å²) in [6.07, 6.45) is 0.854. The molecule has 0 radical (unpaired) electrons. The number of ether oxygens (including phenoxy) is 1. The first-order valence-electron chi connectivity index (χ1n) is 3.52. The minimum absolute atomic E-state index is 0.00481. The van der Waals surface area contributed by atoms with Crippen molar-refractivity contribution in [3.63, 3.8) is 0 Å². The molecular formula is C7H6F2N2O3. The lowest BCUT2D eigenvalue weighted by atomic mass is 10.4. The number of alkyl halides is 2. The number of carbonyl (C=O) groups is 1. The minimum atomic E-state index is -3.00. The fourth-order valence-corrected chi connectivity index (χ4v) is 0.774. The summed E-state index contributed by atoms with van der Waals surface area (Å²) in [5.41, 5.74) is -0.311. The third-order valence-electron chi connectivity index (χ3n) is 1.32. The summed E-state index contributed by atoms with van der Waals surface area (Å²) in [6.45, 7) is -1.67. The van der Waals surface area contributed by atoms with Gasteiger partial charge in [0.25, 0.3) is 0 Å². The third kappa shape index (κ3) is 2.35. The second kappa shape index (κ2) is 3.95. The second-order valence-corrected chi connectivity index (χ2v) is 2.33. The highest BCUT2D eigenvalue weighted by molar-refractivity contribution is 5.84. The topological polar surface area (TPSA) is 72.3 Å². The van der Waals surface area contributed by atoms with Gasteiger partial charge in [-0.1, -0.05) is 0 Å². The van der Waals surface area contributed by atoms with Crippen molar-refractivity contribution in [1.82, 2.24) is 9.97 Å². The lowest BCUT2D eigenvalue weighted by molar-refractivity contribution is -0.0536. The molecule has 0 aliphatic carbocycles. The van der Waals surface area contributed by atoms with Gasteiger partial charge >= 0.3 is 12.6 Å². The molecule has 1 aromatic heterocycles. The van der Waals surface area contributed by atoms with Crippen LogP contribution in [0.25, 0.3) is 0 Å². The fraction of sp³-hybridized carbons (Fsp3) is 0.286. The molecule has 0 spiro atoms. The average Bonchev–Trinajstić information content (AvgIpc) is 2.07. The molecule has 0 fully saturated rings. The molecule has 7 heteroatoms. The number of rotatable bonds is 3. The molecule has 1 N–H and O–H groups in total. The Morgan fingerprint density at radius 3 is 2.71 bits per heavy atom. The van der Waals surface area contributed by atoms with Crippen molar-refractivity contribution in [3.8, 4) is 5.88 Å². The molecule has 0 amide bonds. The Morgan fingerprint density at radius 1 is 1.64 bits per heavy atom. The van der Waals surface area contributed by atoms with Crippen LogP contribution in [0.4, 0.5) is 8.78 Å². The molecule has 0 atom stereocenters. The SMILES string of the molecule is Cc1nc(C(=O)O)cnc1OC(F)F. The van der Waals surface area contributed by atoms with Gasteiger partial charge in [-0.15, -0.1) is 0 Å². The molecule has 0 aliphatic rings. The normalized spacial score (nSPS) is 10.3. The predicted octanol–water partition coefficient (Wildman–Crippen LogP) is 1.08. The Kier molecular flexibility index (Phi) is 2.90. The number of aromatic carboxylic acids is 1. The molecule has 1 rings (SSSR count). The highest BCUT2D eigenvalue weighted by Crippen LogP contribution is 2.14. The van der Waals surface area contributed by atoms with Crippen LogP contribution in [-0.4, -0.2) is 27.7 Å². The number of aryl methyl sites for hydroxylation is 1. The van der Waals surface area contributed by atoms with Crippen LogP contribution in [0, 0.1) is 6.92 Å². The molecule has 0 saturated heterocycles. The van der Waals surface area contributed by atoms with Crippen LogP contribution < -0.4 is 4.74 Å². The maximum absolute atomic E-state index is 11.8. The van der Waals surface area contributed by atoms with Crippen LogP contribution in [-0.2, 0) is 0 Å². The van der Waals surface area contributed by atoms with E-state index in [2.05, 4.69) is 14.7 Å². The van der Waals surface area contributed by atoms with Crippen molar-refractivity contribution < 1.29 is 23.4 Å². The first-order chi connectivity index (χ1) is 6.50. The van der Waals surface area contributed by atoms with Gasteiger partial charge < -0.3 is 9.84 Å². The van der Waals surface area contributed by atoms with Crippen molar-refractivity contribution >= 4 is 5.97 Å². The minimum Gasteiger partial charge on any atom is -0.476 e. The van der Waals surface area contributed by atoms with Crippen molar-refractivity contribution in [3.05, 3.63) is 17.6 Å². The second-order valence-electron chi connectivity index (χ2n) is 2.33. The van der Waals surface area contributed by atoms with Crippen molar-refractivity contribution in [2.75, 3.05) is 0 Å². The van der Waals surface area contributed by atoms with Gasteiger partial charge in [0.1, 0.15) is 5.69 Å². The van der Waals surface area contributed by atoms with E-state index < -0.39 is 12.6 Å². The number of halogens is 2. The molecule has 0 bridgehead atoms. The summed E-state index contributed by atoms with van der Waals surface area (Å²) in [7, 11) is 0. The number of carboxylic acid groups (broad SMARTS) is 1. The third-order valence-corrected chi connectivity index (χ3v) is 1.32. The Balaban J connectivity index is 2.95. The zero-order chi connectivity index (χ0) is 10.7. The van der Waals surface area contributed by atoms with Crippen LogP contribution >= 0.6 is 0 Å². The summed E-state index contributed by atoms with van der Waals surface area (Å²) in [6, 6.07) is 0. The van der Waals surface area contributed by atoms with E-state index in [4.69, 9.17) is 5.11 Å². The molecule has 14 heavy (non-hydrogen) atoms. The zero-order valence-electron chi connectivity index (χ0n) is 7.07. The van der Waals surface area contributed by atoms with Crippen molar-refractivity contribution in [1.29, 1.82) is 0 Å². The van der Waals surface area contributed by atoms with Gasteiger partial charge in [-0.25, -0.2) is 14.8 Å². The highest BCUT2D eigenvalue weighted by Gasteiger charge is 2.12. The van der Waals surface area contributed by atoms with Gasteiger partial charge in [0, 0.05) is 0 Å². The van der Waals surface area contributed by atoms with E-state index in [1.54, 1.807) is 0 Å². The van der Waals surface area contributed by atoms with Crippen LogP contribution in [0.15, 0.2) is 6.20 Å².